The van der Waals surface area contributed by atoms with E-state index in [2.05, 4.69) is 10.6 Å². The van der Waals surface area contributed by atoms with Gasteiger partial charge in [0.05, 0.1) is 26.1 Å². The number of nitrogens with one attached hydrogen (secondary N) is 2. The quantitative estimate of drug-likeness (QED) is 0.0348. The number of hydroxylamine groups is 2. The number of methoxy groups -OCH3 is 2. The molecule has 0 spiro atoms. The van der Waals surface area contributed by atoms with Gasteiger partial charge in [0.25, 0.3) is 11.8 Å². The van der Waals surface area contributed by atoms with Gasteiger partial charge in [-0.1, -0.05) is 87.0 Å². The van der Waals surface area contributed by atoms with Gasteiger partial charge in [0, 0.05) is 95.1 Å². The smallest absolute Gasteiger partial charge is 0.466 e. The summed E-state index contributed by atoms with van der Waals surface area (Å²) >= 11 is 0. The normalized spacial score (nSPS) is 15.4. The Hall–Kier alpha value is -7.44. The van der Waals surface area contributed by atoms with Gasteiger partial charge in [-0.25, -0.2) is 4.79 Å². The van der Waals surface area contributed by atoms with Gasteiger partial charge in [0.15, 0.2) is 0 Å². The summed E-state index contributed by atoms with van der Waals surface area (Å²) in [7, 11) is 3.15. The lowest BCUT2D eigenvalue weighted by molar-refractivity contribution is -0.177. The number of amides is 4. The Morgan fingerprint density at radius 1 is 0.569 bits per heavy atom. The molecule has 0 aromatic heterocycles. The minimum atomic E-state index is -1.16. The highest BCUT2D eigenvalue weighted by atomic mass is 16.8. The summed E-state index contributed by atoms with van der Waals surface area (Å²) in [5.41, 5.74) is 9.02. The molecule has 1 aliphatic heterocycles. The fourth-order valence-electron chi connectivity index (χ4n) is 8.36. The zero-order chi connectivity index (χ0) is 51.0. The number of ether oxygens (including phenoxy) is 6. The molecule has 2 aliphatic carbocycles. The molecule has 4 aromatic carbocycles. The summed E-state index contributed by atoms with van der Waals surface area (Å²) in [4.78, 5) is 101. The van der Waals surface area contributed by atoms with Gasteiger partial charge in [-0.3, -0.25) is 38.4 Å². The van der Waals surface area contributed by atoms with Crippen molar-refractivity contribution < 1.29 is 71.6 Å². The maximum absolute atomic E-state index is 12.8. The van der Waals surface area contributed by atoms with Crippen LogP contribution in [0.2, 0.25) is 0 Å². The molecule has 4 amide bonds. The lowest BCUT2D eigenvalue weighted by Crippen LogP contribution is -2.32. The second-order valence-electron chi connectivity index (χ2n) is 17.2. The third-order valence-corrected chi connectivity index (χ3v) is 12.0. The molecule has 18 nitrogen and oxygen atoms in total. The fraction of sp³-hybridized carbons (Fsp3) is 0.407. The van der Waals surface area contributed by atoms with Crippen molar-refractivity contribution in [3.05, 3.63) is 107 Å². The van der Waals surface area contributed by atoms with E-state index in [4.69, 9.17) is 33.3 Å². The SMILES string of the molecule is C.COCCCOC(=O)CC(C)C(=O)Nc1ccc2c(c1)C(COC(=O)ON1C(=O)CCC1=O)c1ccccc1-2.COCCCOC(=O)CC(C)C(=O)Nc1ccc2c(c1)C(COC(C)=O)c1ccccc1-2. The van der Waals surface area contributed by atoms with Crippen molar-refractivity contribution in [1.82, 2.24) is 5.06 Å². The lowest BCUT2D eigenvalue weighted by atomic mass is 9.97. The summed E-state index contributed by atoms with van der Waals surface area (Å²) in [5.74, 6) is -4.60. The number of nitrogens with zero attached hydrogens (tertiary/aromatic N) is 1. The van der Waals surface area contributed by atoms with Crippen LogP contribution in [0.4, 0.5) is 16.2 Å². The van der Waals surface area contributed by atoms with Crippen LogP contribution < -0.4 is 10.6 Å². The summed E-state index contributed by atoms with van der Waals surface area (Å²) in [5, 5.41) is 6.17. The molecule has 1 saturated heterocycles. The van der Waals surface area contributed by atoms with E-state index in [-0.39, 0.29) is 89.2 Å². The molecule has 384 valence electrons. The number of benzene rings is 4. The van der Waals surface area contributed by atoms with Gasteiger partial charge in [0.2, 0.25) is 11.8 Å². The van der Waals surface area contributed by atoms with E-state index in [0.717, 1.165) is 44.5 Å². The zero-order valence-electron chi connectivity index (χ0n) is 40.4. The first-order chi connectivity index (χ1) is 34.2. The van der Waals surface area contributed by atoms with Crippen LogP contribution in [0.3, 0.4) is 0 Å². The monoisotopic (exact) mass is 993 g/mol. The van der Waals surface area contributed by atoms with Crippen molar-refractivity contribution in [2.75, 3.05) is 64.5 Å². The maximum Gasteiger partial charge on any atom is 0.533 e. The van der Waals surface area contributed by atoms with E-state index < -0.39 is 41.7 Å². The van der Waals surface area contributed by atoms with E-state index in [1.807, 2.05) is 72.8 Å². The molecule has 4 unspecified atom stereocenters. The topological polar surface area (TPSA) is 228 Å². The second-order valence-corrected chi connectivity index (χ2v) is 17.2. The molecule has 3 aliphatic rings. The number of esters is 3. The fourth-order valence-corrected chi connectivity index (χ4v) is 8.36. The lowest BCUT2D eigenvalue weighted by Gasteiger charge is -2.17. The molecule has 1 fully saturated rings. The Morgan fingerprint density at radius 2 is 0.986 bits per heavy atom. The molecule has 2 N–H and O–H groups in total. The summed E-state index contributed by atoms with van der Waals surface area (Å²) in [6, 6.07) is 26.8. The average Bonchev–Trinajstić information content (AvgIpc) is 3.96. The van der Waals surface area contributed by atoms with Crippen molar-refractivity contribution in [1.29, 1.82) is 0 Å². The molecule has 1 heterocycles. The Labute approximate surface area is 418 Å². The average molecular weight is 994 g/mol. The number of carbonyl (C=O) groups excluding carboxylic acids is 8. The minimum absolute atomic E-state index is 0. The van der Waals surface area contributed by atoms with Gasteiger partial charge >= 0.3 is 24.1 Å². The van der Waals surface area contributed by atoms with Crippen LogP contribution in [0, 0.1) is 11.8 Å². The predicted molar refractivity (Wildman–Crippen MR) is 264 cm³/mol. The molecule has 0 saturated carbocycles. The highest BCUT2D eigenvalue weighted by Crippen LogP contribution is 2.47. The number of imide groups is 1. The van der Waals surface area contributed by atoms with Crippen molar-refractivity contribution in [3.8, 4) is 22.3 Å². The van der Waals surface area contributed by atoms with Crippen molar-refractivity contribution >= 4 is 59.1 Å². The van der Waals surface area contributed by atoms with E-state index in [0.29, 0.717) is 42.5 Å². The predicted octanol–water partition coefficient (Wildman–Crippen LogP) is 8.10. The summed E-state index contributed by atoms with van der Waals surface area (Å²) in [6.07, 6.45) is -0.0418. The van der Waals surface area contributed by atoms with Gasteiger partial charge in [0.1, 0.15) is 13.2 Å². The number of carbonyl (C=O) groups is 8. The molecule has 4 atom stereocenters. The first-order valence-electron chi connectivity index (χ1n) is 23.4. The molecule has 7 rings (SSSR count). The van der Waals surface area contributed by atoms with Gasteiger partial charge in [-0.05, 0) is 68.8 Å². The standard InChI is InChI=1S/C28H30N2O9.C25H29NO6.CH4/c1-17(14-26(33)37-13-5-12-36-2)27(34)29-18-8-9-21-19-6-3-4-7-20(19)23(22(21)15-18)16-38-28(35)39-30-24(31)10-11-25(30)32;1-16(13-24(28)31-12-6-11-30-3)25(29)26-18-9-10-21-19-7-4-5-8-20(19)23(22(21)14-18)15-32-17(2)27;/h3-4,6-9,15,17,23H,5,10-14,16H2,1-2H3,(H,29,34);4-5,7-10,14,16,23H,6,11-13,15H2,1-3H3,(H,26,29);1H4. The van der Waals surface area contributed by atoms with Crippen LogP contribution in [0.25, 0.3) is 22.3 Å². The molecular formula is C54H63N3O15. The Balaban J connectivity index is 0.000000269. The van der Waals surface area contributed by atoms with Crippen LogP contribution in [0.15, 0.2) is 84.9 Å². The number of hydrogen-bond acceptors (Lipinski definition) is 15. The van der Waals surface area contributed by atoms with Gasteiger partial charge < -0.3 is 39.1 Å². The van der Waals surface area contributed by atoms with Crippen LogP contribution >= 0.6 is 0 Å². The Bertz CT molecular complexity index is 2600. The van der Waals surface area contributed by atoms with Crippen molar-refractivity contribution in [3.63, 3.8) is 0 Å². The van der Waals surface area contributed by atoms with E-state index in [1.54, 1.807) is 40.2 Å². The first kappa shape index (κ1) is 55.5. The molecular weight excluding hydrogens is 931 g/mol. The number of fused-ring (bicyclic) bond motifs is 6. The summed E-state index contributed by atoms with van der Waals surface area (Å²) in [6.45, 7) is 6.36. The summed E-state index contributed by atoms with van der Waals surface area (Å²) < 4.78 is 30.7. The van der Waals surface area contributed by atoms with Crippen LogP contribution in [0.1, 0.15) is 101 Å². The van der Waals surface area contributed by atoms with Gasteiger partial charge in [-0.15, -0.1) is 0 Å². The Kier molecular flexibility index (Phi) is 20.6. The maximum atomic E-state index is 12.8. The highest BCUT2D eigenvalue weighted by Gasteiger charge is 2.35. The van der Waals surface area contributed by atoms with E-state index >= 15 is 0 Å². The molecule has 4 aromatic rings. The molecule has 0 radical (unpaired) electrons. The van der Waals surface area contributed by atoms with Gasteiger partial charge in [-0.2, -0.15) is 0 Å². The largest absolute Gasteiger partial charge is 0.533 e. The van der Waals surface area contributed by atoms with Crippen LogP contribution in [0.5, 0.6) is 0 Å². The Morgan fingerprint density at radius 3 is 1.42 bits per heavy atom. The molecule has 0 bridgehead atoms. The highest BCUT2D eigenvalue weighted by molar-refractivity contribution is 6.01. The zero-order valence-corrected chi connectivity index (χ0v) is 40.4. The number of hydrogen-bond donors (Lipinski definition) is 2. The molecule has 72 heavy (non-hydrogen) atoms. The third kappa shape index (κ3) is 14.6. The first-order valence-corrected chi connectivity index (χ1v) is 23.4. The van der Waals surface area contributed by atoms with Crippen molar-refractivity contribution in [2.45, 2.75) is 78.6 Å². The second kappa shape index (κ2) is 26.7. The van der Waals surface area contributed by atoms with E-state index in [9.17, 15) is 38.4 Å². The van der Waals surface area contributed by atoms with Crippen LogP contribution in [-0.4, -0.2) is 107 Å². The van der Waals surface area contributed by atoms with Crippen molar-refractivity contribution in [2.24, 2.45) is 11.8 Å². The van der Waals surface area contributed by atoms with E-state index in [1.165, 1.54) is 6.92 Å². The number of rotatable bonds is 21. The minimum Gasteiger partial charge on any atom is -0.466 e. The van der Waals surface area contributed by atoms with Crippen LogP contribution in [-0.2, 0) is 66.8 Å². The number of anilines is 2. The molecule has 18 heteroatoms. The third-order valence-electron chi connectivity index (χ3n) is 12.0.